The van der Waals surface area contributed by atoms with Crippen molar-refractivity contribution in [3.05, 3.63) is 29.3 Å². The van der Waals surface area contributed by atoms with Crippen molar-refractivity contribution < 1.29 is 9.53 Å². The number of methoxy groups -OCH3 is 1. The van der Waals surface area contributed by atoms with Crippen LogP contribution in [0.4, 0.5) is 0 Å². The number of rotatable bonds is 6. The monoisotopic (exact) mass is 288 g/mol. The SMILES string of the molecule is COc1ccc(CCN(C)C)cc1C1(N=C=O)CCCC1. The Balaban J connectivity index is 2.39. The number of carbonyl (C=O) groups excluding carboxylic acids is 1. The Labute approximate surface area is 126 Å². The Bertz CT molecular complexity index is 528. The molecular formula is C17H24N2O2. The summed E-state index contributed by atoms with van der Waals surface area (Å²) in [6.45, 7) is 0.996. The Hall–Kier alpha value is -1.64. The summed E-state index contributed by atoms with van der Waals surface area (Å²) >= 11 is 0. The lowest BCUT2D eigenvalue weighted by atomic mass is 9.86. The minimum Gasteiger partial charge on any atom is -0.496 e. The van der Waals surface area contributed by atoms with Crippen LogP contribution in [0.15, 0.2) is 23.2 Å². The zero-order valence-electron chi connectivity index (χ0n) is 13.2. The van der Waals surface area contributed by atoms with E-state index in [0.29, 0.717) is 0 Å². The van der Waals surface area contributed by atoms with Gasteiger partial charge in [0.15, 0.2) is 0 Å². The number of nitrogens with zero attached hydrogens (tertiary/aromatic N) is 2. The molecule has 0 N–H and O–H groups in total. The number of isocyanates is 1. The molecule has 1 fully saturated rings. The molecule has 0 unspecified atom stereocenters. The summed E-state index contributed by atoms with van der Waals surface area (Å²) in [4.78, 5) is 17.2. The maximum atomic E-state index is 10.9. The van der Waals surface area contributed by atoms with Gasteiger partial charge in [0.05, 0.1) is 7.11 Å². The van der Waals surface area contributed by atoms with Crippen molar-refractivity contribution in [2.24, 2.45) is 4.99 Å². The molecule has 114 valence electrons. The molecule has 0 aromatic heterocycles. The Kier molecular flexibility index (Phi) is 5.16. The highest BCUT2D eigenvalue weighted by Crippen LogP contribution is 2.45. The molecule has 0 atom stereocenters. The van der Waals surface area contributed by atoms with Gasteiger partial charge in [-0.1, -0.05) is 18.9 Å². The summed E-state index contributed by atoms with van der Waals surface area (Å²) in [7, 11) is 5.81. The van der Waals surface area contributed by atoms with E-state index in [2.05, 4.69) is 36.1 Å². The molecule has 0 radical (unpaired) electrons. The fourth-order valence-corrected chi connectivity index (χ4v) is 3.12. The predicted octanol–water partition coefficient (Wildman–Crippen LogP) is 2.90. The van der Waals surface area contributed by atoms with Crippen LogP contribution in [0.1, 0.15) is 36.8 Å². The molecule has 4 nitrogen and oxygen atoms in total. The molecule has 0 amide bonds. The second-order valence-corrected chi connectivity index (χ2v) is 6.03. The van der Waals surface area contributed by atoms with E-state index >= 15 is 0 Å². The average molecular weight is 288 g/mol. The van der Waals surface area contributed by atoms with Crippen LogP contribution in [0.5, 0.6) is 5.75 Å². The predicted molar refractivity (Wildman–Crippen MR) is 83.5 cm³/mol. The molecule has 1 aromatic rings. The van der Waals surface area contributed by atoms with Gasteiger partial charge in [-0.3, -0.25) is 0 Å². The summed E-state index contributed by atoms with van der Waals surface area (Å²) in [5.74, 6) is 0.824. The number of ether oxygens (including phenoxy) is 1. The number of hydrogen-bond acceptors (Lipinski definition) is 4. The number of likely N-dealkylation sites (N-methyl/N-ethyl adjacent to an activating group) is 1. The molecule has 1 saturated carbocycles. The quantitative estimate of drug-likeness (QED) is 0.597. The van der Waals surface area contributed by atoms with E-state index in [9.17, 15) is 4.79 Å². The summed E-state index contributed by atoms with van der Waals surface area (Å²) in [5, 5.41) is 0. The average Bonchev–Trinajstić information content (AvgIpc) is 2.95. The number of aliphatic imine (C=N–C) groups is 1. The minimum absolute atomic E-state index is 0.429. The standard InChI is InChI=1S/C17H24N2O2/c1-19(2)11-8-14-6-7-16(21-3)15(12-14)17(18-13-20)9-4-5-10-17/h6-7,12H,4-5,8-11H2,1-3H3. The molecular weight excluding hydrogens is 264 g/mol. The van der Waals surface area contributed by atoms with E-state index in [4.69, 9.17) is 4.74 Å². The van der Waals surface area contributed by atoms with Gasteiger partial charge in [0.2, 0.25) is 6.08 Å². The first-order chi connectivity index (χ1) is 10.1. The molecule has 1 aliphatic rings. The first kappa shape index (κ1) is 15.7. The van der Waals surface area contributed by atoms with E-state index in [1.165, 1.54) is 5.56 Å². The number of hydrogen-bond donors (Lipinski definition) is 0. The molecule has 1 aliphatic carbocycles. The topological polar surface area (TPSA) is 41.9 Å². The van der Waals surface area contributed by atoms with Crippen LogP contribution >= 0.6 is 0 Å². The zero-order chi connectivity index (χ0) is 15.3. The number of benzene rings is 1. The highest BCUT2D eigenvalue weighted by molar-refractivity contribution is 5.46. The van der Waals surface area contributed by atoms with Crippen LogP contribution in [0, 0.1) is 0 Å². The highest BCUT2D eigenvalue weighted by Gasteiger charge is 2.38. The molecule has 21 heavy (non-hydrogen) atoms. The third-order valence-corrected chi connectivity index (χ3v) is 4.30. The molecule has 1 aromatic carbocycles. The van der Waals surface area contributed by atoms with Crippen molar-refractivity contribution in [3.63, 3.8) is 0 Å². The van der Waals surface area contributed by atoms with Crippen molar-refractivity contribution >= 4 is 6.08 Å². The highest BCUT2D eigenvalue weighted by atomic mass is 16.5. The largest absolute Gasteiger partial charge is 0.496 e. The Morgan fingerprint density at radius 1 is 1.33 bits per heavy atom. The Morgan fingerprint density at radius 2 is 2.05 bits per heavy atom. The van der Waals surface area contributed by atoms with Crippen LogP contribution in [-0.2, 0) is 16.8 Å². The van der Waals surface area contributed by atoms with E-state index < -0.39 is 5.54 Å². The summed E-state index contributed by atoms with van der Waals surface area (Å²) in [5.41, 5.74) is 1.87. The minimum atomic E-state index is -0.429. The van der Waals surface area contributed by atoms with E-state index in [0.717, 1.165) is 50.0 Å². The van der Waals surface area contributed by atoms with Crippen molar-refractivity contribution in [2.45, 2.75) is 37.6 Å². The van der Waals surface area contributed by atoms with Gasteiger partial charge in [0, 0.05) is 12.1 Å². The van der Waals surface area contributed by atoms with Gasteiger partial charge in [-0.15, -0.1) is 0 Å². The molecule has 0 heterocycles. The molecule has 2 rings (SSSR count). The van der Waals surface area contributed by atoms with Crippen LogP contribution in [-0.4, -0.2) is 38.7 Å². The summed E-state index contributed by atoms with van der Waals surface area (Å²) in [6.07, 6.45) is 6.74. The third kappa shape index (κ3) is 3.52. The van der Waals surface area contributed by atoms with Gasteiger partial charge in [0.25, 0.3) is 0 Å². The van der Waals surface area contributed by atoms with Crippen LogP contribution in [0.25, 0.3) is 0 Å². The lowest BCUT2D eigenvalue weighted by molar-refractivity contribution is 0.378. The van der Waals surface area contributed by atoms with Crippen molar-refractivity contribution in [1.29, 1.82) is 0 Å². The van der Waals surface area contributed by atoms with Crippen molar-refractivity contribution in [2.75, 3.05) is 27.7 Å². The zero-order valence-corrected chi connectivity index (χ0v) is 13.2. The lowest BCUT2D eigenvalue weighted by Gasteiger charge is -2.26. The molecule has 0 spiro atoms. The van der Waals surface area contributed by atoms with Crippen LogP contribution < -0.4 is 4.74 Å². The van der Waals surface area contributed by atoms with Crippen LogP contribution in [0.3, 0.4) is 0 Å². The maximum Gasteiger partial charge on any atom is 0.235 e. The van der Waals surface area contributed by atoms with Crippen molar-refractivity contribution in [1.82, 2.24) is 4.90 Å². The smallest absolute Gasteiger partial charge is 0.235 e. The fraction of sp³-hybridized carbons (Fsp3) is 0.588. The van der Waals surface area contributed by atoms with Gasteiger partial charge >= 0.3 is 0 Å². The first-order valence-electron chi connectivity index (χ1n) is 7.52. The summed E-state index contributed by atoms with van der Waals surface area (Å²) in [6, 6.07) is 6.26. The van der Waals surface area contributed by atoms with Gasteiger partial charge in [-0.05, 0) is 51.1 Å². The maximum absolute atomic E-state index is 10.9. The molecule has 0 saturated heterocycles. The van der Waals surface area contributed by atoms with E-state index in [1.807, 2.05) is 6.07 Å². The van der Waals surface area contributed by atoms with Gasteiger partial charge in [0.1, 0.15) is 11.3 Å². The first-order valence-corrected chi connectivity index (χ1v) is 7.52. The van der Waals surface area contributed by atoms with Gasteiger partial charge in [-0.25, -0.2) is 4.79 Å². The molecule has 4 heteroatoms. The lowest BCUT2D eigenvalue weighted by Crippen LogP contribution is -2.21. The van der Waals surface area contributed by atoms with Crippen molar-refractivity contribution in [3.8, 4) is 5.75 Å². The van der Waals surface area contributed by atoms with E-state index in [1.54, 1.807) is 13.2 Å². The third-order valence-electron chi connectivity index (χ3n) is 4.30. The van der Waals surface area contributed by atoms with E-state index in [-0.39, 0.29) is 0 Å². The summed E-state index contributed by atoms with van der Waals surface area (Å²) < 4.78 is 5.51. The fourth-order valence-electron chi connectivity index (χ4n) is 3.12. The van der Waals surface area contributed by atoms with Crippen LogP contribution in [0.2, 0.25) is 0 Å². The normalized spacial score (nSPS) is 16.8. The second-order valence-electron chi connectivity index (χ2n) is 6.03. The van der Waals surface area contributed by atoms with Gasteiger partial charge < -0.3 is 9.64 Å². The second kappa shape index (κ2) is 6.88. The molecule has 0 bridgehead atoms. The molecule has 0 aliphatic heterocycles. The van der Waals surface area contributed by atoms with Gasteiger partial charge in [-0.2, -0.15) is 4.99 Å². The Morgan fingerprint density at radius 3 is 2.62 bits per heavy atom.